The third-order valence-electron chi connectivity index (χ3n) is 2.73. The quantitative estimate of drug-likeness (QED) is 0.796. The molecule has 0 aromatic carbocycles. The summed E-state index contributed by atoms with van der Waals surface area (Å²) < 4.78 is 22.6. The Bertz CT molecular complexity index is 626. The standard InChI is InChI=1S/C9H10Cl2N4O3S/c1-4-13-8(10)7(9(11)14-4)15-3-5(2-6(15)16)19(12,17)18/h5H,2-3H2,1H3,(H2,12,17,18). The van der Waals surface area contributed by atoms with Crippen LogP contribution in [-0.4, -0.2) is 36.1 Å². The lowest BCUT2D eigenvalue weighted by atomic mass is 10.4. The molecule has 2 N–H and O–H groups in total. The van der Waals surface area contributed by atoms with Gasteiger partial charge in [0.1, 0.15) is 16.8 Å². The van der Waals surface area contributed by atoms with Crippen LogP contribution in [0.2, 0.25) is 10.3 Å². The molecule has 104 valence electrons. The Labute approximate surface area is 119 Å². The minimum Gasteiger partial charge on any atom is -0.306 e. The minimum absolute atomic E-state index is 0.000851. The van der Waals surface area contributed by atoms with Crippen LogP contribution in [0.5, 0.6) is 0 Å². The Kier molecular flexibility index (Phi) is 3.69. The Hall–Kier alpha value is -0.960. The van der Waals surface area contributed by atoms with Gasteiger partial charge in [0.15, 0.2) is 10.3 Å². The van der Waals surface area contributed by atoms with E-state index < -0.39 is 21.2 Å². The molecule has 1 amide bonds. The highest BCUT2D eigenvalue weighted by atomic mass is 35.5. The van der Waals surface area contributed by atoms with E-state index in [1.165, 1.54) is 0 Å². The number of sulfonamides is 1. The van der Waals surface area contributed by atoms with Crippen LogP contribution in [0.15, 0.2) is 0 Å². The lowest BCUT2D eigenvalue weighted by molar-refractivity contribution is -0.117. The second kappa shape index (κ2) is 4.86. The molecular formula is C9H10Cl2N4O3S. The Balaban J connectivity index is 2.42. The molecule has 7 nitrogen and oxygen atoms in total. The van der Waals surface area contributed by atoms with Gasteiger partial charge >= 0.3 is 0 Å². The molecule has 1 unspecified atom stereocenters. The smallest absolute Gasteiger partial charge is 0.228 e. The number of anilines is 1. The molecular weight excluding hydrogens is 315 g/mol. The molecule has 10 heteroatoms. The molecule has 1 aliphatic rings. The van der Waals surface area contributed by atoms with E-state index in [0.717, 1.165) is 4.90 Å². The second-order valence-corrected chi connectivity index (χ2v) is 6.68. The van der Waals surface area contributed by atoms with Crippen LogP contribution in [0, 0.1) is 6.92 Å². The van der Waals surface area contributed by atoms with Gasteiger partial charge < -0.3 is 4.90 Å². The Morgan fingerprint density at radius 2 is 1.84 bits per heavy atom. The van der Waals surface area contributed by atoms with Crippen molar-refractivity contribution in [2.45, 2.75) is 18.6 Å². The molecule has 1 aromatic rings. The average Bonchev–Trinajstić information content (AvgIpc) is 2.59. The van der Waals surface area contributed by atoms with Gasteiger partial charge in [0.25, 0.3) is 0 Å². The number of nitrogens with two attached hydrogens (primary N) is 1. The van der Waals surface area contributed by atoms with Crippen LogP contribution >= 0.6 is 23.2 Å². The number of amides is 1. The Morgan fingerprint density at radius 1 is 1.32 bits per heavy atom. The molecule has 1 fully saturated rings. The largest absolute Gasteiger partial charge is 0.306 e. The molecule has 1 aromatic heterocycles. The van der Waals surface area contributed by atoms with Gasteiger partial charge in [-0.3, -0.25) is 4.79 Å². The summed E-state index contributed by atoms with van der Waals surface area (Å²) in [5.41, 5.74) is 0.116. The lowest BCUT2D eigenvalue weighted by Gasteiger charge is -2.18. The van der Waals surface area contributed by atoms with Crippen molar-refractivity contribution in [3.05, 3.63) is 16.1 Å². The van der Waals surface area contributed by atoms with Crippen molar-refractivity contribution in [2.75, 3.05) is 11.4 Å². The predicted molar refractivity (Wildman–Crippen MR) is 70.7 cm³/mol. The average molecular weight is 325 g/mol. The zero-order chi connectivity index (χ0) is 14.4. The fourth-order valence-corrected chi connectivity index (χ4v) is 3.24. The van der Waals surface area contributed by atoms with Crippen molar-refractivity contribution in [2.24, 2.45) is 5.14 Å². The normalized spacial score (nSPS) is 20.1. The van der Waals surface area contributed by atoms with Crippen LogP contribution < -0.4 is 10.0 Å². The van der Waals surface area contributed by atoms with Crippen LogP contribution in [0.25, 0.3) is 0 Å². The van der Waals surface area contributed by atoms with Crippen molar-refractivity contribution in [3.63, 3.8) is 0 Å². The SMILES string of the molecule is Cc1nc(Cl)c(N2CC(S(N)(=O)=O)CC2=O)c(Cl)n1. The summed E-state index contributed by atoms with van der Waals surface area (Å²) >= 11 is 11.9. The highest BCUT2D eigenvalue weighted by Crippen LogP contribution is 2.34. The van der Waals surface area contributed by atoms with Crippen molar-refractivity contribution in [1.82, 2.24) is 9.97 Å². The maximum absolute atomic E-state index is 11.9. The number of carbonyl (C=O) groups is 1. The summed E-state index contributed by atoms with van der Waals surface area (Å²) in [5.74, 6) is -0.0799. The molecule has 0 radical (unpaired) electrons. The van der Waals surface area contributed by atoms with E-state index in [4.69, 9.17) is 28.3 Å². The zero-order valence-corrected chi connectivity index (χ0v) is 12.1. The molecule has 1 aliphatic heterocycles. The summed E-state index contributed by atoms with van der Waals surface area (Å²) in [4.78, 5) is 20.8. The molecule has 1 saturated heterocycles. The highest BCUT2D eigenvalue weighted by molar-refractivity contribution is 7.89. The second-order valence-electron chi connectivity index (χ2n) is 4.12. The summed E-state index contributed by atoms with van der Waals surface area (Å²) in [6, 6.07) is 0. The first kappa shape index (κ1) is 14.4. The van der Waals surface area contributed by atoms with Gasteiger partial charge in [0.05, 0.1) is 0 Å². The van der Waals surface area contributed by atoms with Gasteiger partial charge in [-0.1, -0.05) is 23.2 Å². The molecule has 0 spiro atoms. The monoisotopic (exact) mass is 324 g/mol. The van der Waals surface area contributed by atoms with E-state index >= 15 is 0 Å². The molecule has 0 saturated carbocycles. The predicted octanol–water partition coefficient (Wildman–Crippen LogP) is 0.486. The lowest BCUT2D eigenvalue weighted by Crippen LogP contribution is -2.32. The molecule has 0 aliphatic carbocycles. The van der Waals surface area contributed by atoms with Crippen molar-refractivity contribution in [1.29, 1.82) is 0 Å². The zero-order valence-electron chi connectivity index (χ0n) is 9.80. The van der Waals surface area contributed by atoms with E-state index in [1.807, 2.05) is 0 Å². The highest BCUT2D eigenvalue weighted by Gasteiger charge is 2.39. The third-order valence-corrected chi connectivity index (χ3v) is 4.51. The number of halogens is 2. The van der Waals surface area contributed by atoms with Crippen LogP contribution in [0.3, 0.4) is 0 Å². The number of aryl methyl sites for hydroxylation is 1. The van der Waals surface area contributed by atoms with Crippen molar-refractivity contribution in [3.8, 4) is 0 Å². The van der Waals surface area contributed by atoms with Gasteiger partial charge in [-0.2, -0.15) is 0 Å². The number of hydrogen-bond acceptors (Lipinski definition) is 5. The van der Waals surface area contributed by atoms with Gasteiger partial charge in [-0.25, -0.2) is 23.5 Å². The maximum atomic E-state index is 11.9. The molecule has 19 heavy (non-hydrogen) atoms. The molecule has 1 atom stereocenters. The van der Waals surface area contributed by atoms with Crippen LogP contribution in [-0.2, 0) is 14.8 Å². The summed E-state index contributed by atoms with van der Waals surface area (Å²) in [7, 11) is -3.80. The van der Waals surface area contributed by atoms with E-state index in [0.29, 0.717) is 5.82 Å². The van der Waals surface area contributed by atoms with E-state index in [1.54, 1.807) is 6.92 Å². The summed E-state index contributed by atoms with van der Waals surface area (Å²) in [5, 5.41) is 4.06. The number of nitrogens with zero attached hydrogens (tertiary/aromatic N) is 3. The number of carbonyl (C=O) groups excluding carboxylic acids is 1. The first-order chi connectivity index (χ1) is 8.70. The van der Waals surface area contributed by atoms with E-state index in [-0.39, 0.29) is 29.0 Å². The fraction of sp³-hybridized carbons (Fsp3) is 0.444. The van der Waals surface area contributed by atoms with Gasteiger partial charge in [0.2, 0.25) is 15.9 Å². The number of hydrogen-bond donors (Lipinski definition) is 1. The van der Waals surface area contributed by atoms with E-state index in [9.17, 15) is 13.2 Å². The number of primary sulfonamides is 1. The number of aromatic nitrogens is 2. The first-order valence-electron chi connectivity index (χ1n) is 5.21. The van der Waals surface area contributed by atoms with Crippen LogP contribution in [0.1, 0.15) is 12.2 Å². The topological polar surface area (TPSA) is 106 Å². The van der Waals surface area contributed by atoms with Gasteiger partial charge in [-0.05, 0) is 6.92 Å². The maximum Gasteiger partial charge on any atom is 0.228 e. The van der Waals surface area contributed by atoms with Crippen molar-refractivity contribution >= 4 is 44.8 Å². The molecule has 2 heterocycles. The molecule has 2 rings (SSSR count). The van der Waals surface area contributed by atoms with Gasteiger partial charge in [0, 0.05) is 13.0 Å². The van der Waals surface area contributed by atoms with E-state index in [2.05, 4.69) is 9.97 Å². The van der Waals surface area contributed by atoms with Gasteiger partial charge in [-0.15, -0.1) is 0 Å². The third kappa shape index (κ3) is 2.81. The molecule has 0 bridgehead atoms. The fourth-order valence-electron chi connectivity index (χ4n) is 1.83. The van der Waals surface area contributed by atoms with Crippen LogP contribution in [0.4, 0.5) is 5.69 Å². The first-order valence-corrected chi connectivity index (χ1v) is 7.58. The summed E-state index contributed by atoms with van der Waals surface area (Å²) in [6.45, 7) is 1.49. The summed E-state index contributed by atoms with van der Waals surface area (Å²) in [6.07, 6.45) is -0.209. The Morgan fingerprint density at radius 3 is 2.26 bits per heavy atom. The minimum atomic E-state index is -3.80. The van der Waals surface area contributed by atoms with Crippen molar-refractivity contribution < 1.29 is 13.2 Å². The number of rotatable bonds is 2.